The van der Waals surface area contributed by atoms with Crippen LogP contribution in [0.2, 0.25) is 5.02 Å². The molecule has 0 bridgehead atoms. The van der Waals surface area contributed by atoms with Crippen LogP contribution in [0.25, 0.3) is 0 Å². The molecule has 2 N–H and O–H groups in total. The molecule has 3 aromatic rings. The number of aromatic nitrogens is 1. The number of aryl methyl sites for hydroxylation is 2. The first kappa shape index (κ1) is 21.4. The zero-order valence-corrected chi connectivity index (χ0v) is 18.5. The number of thiophene rings is 1. The first-order valence-electron chi connectivity index (χ1n) is 8.64. The third-order valence-corrected chi connectivity index (χ3v) is 5.70. The Labute approximate surface area is 173 Å². The second kappa shape index (κ2) is 9.88. The van der Waals surface area contributed by atoms with E-state index in [-0.39, 0.29) is 5.56 Å². The summed E-state index contributed by atoms with van der Waals surface area (Å²) in [4.78, 5) is 13.5. The van der Waals surface area contributed by atoms with Crippen LogP contribution in [0.5, 0.6) is 0 Å². The maximum absolute atomic E-state index is 12.4. The van der Waals surface area contributed by atoms with Crippen molar-refractivity contribution in [2.75, 3.05) is 10.0 Å². The molecule has 7 heteroatoms. The van der Waals surface area contributed by atoms with Crippen LogP contribution >= 0.6 is 34.9 Å². The molecule has 0 amide bonds. The van der Waals surface area contributed by atoms with Gasteiger partial charge in [0.15, 0.2) is 0 Å². The predicted octanol–water partition coefficient (Wildman–Crippen LogP) is 6.61. The lowest BCUT2D eigenvalue weighted by atomic mass is 10.2. The summed E-state index contributed by atoms with van der Waals surface area (Å²) in [6.07, 6.45) is 0. The molecule has 0 spiro atoms. The van der Waals surface area contributed by atoms with Gasteiger partial charge in [0.2, 0.25) is 0 Å². The number of nitrogens with zero attached hydrogens (tertiary/aromatic N) is 1. The fourth-order valence-electron chi connectivity index (χ4n) is 2.40. The Bertz CT molecular complexity index is 953. The first-order valence-corrected chi connectivity index (χ1v) is 10.8. The highest BCUT2D eigenvalue weighted by molar-refractivity contribution is 8.00. The van der Waals surface area contributed by atoms with Gasteiger partial charge in [0.1, 0.15) is 5.82 Å². The van der Waals surface area contributed by atoms with E-state index in [4.69, 9.17) is 11.6 Å². The fraction of sp³-hybridized carbons (Fsp3) is 0.250. The summed E-state index contributed by atoms with van der Waals surface area (Å²) < 4.78 is 4.93. The Morgan fingerprint density at radius 1 is 1.11 bits per heavy atom. The van der Waals surface area contributed by atoms with E-state index < -0.39 is 0 Å². The second-order valence-electron chi connectivity index (χ2n) is 5.73. The number of anilines is 3. The number of benzene rings is 1. The average Bonchev–Trinajstić information content (AvgIpc) is 3.18. The van der Waals surface area contributed by atoms with E-state index in [1.165, 1.54) is 11.9 Å². The summed E-state index contributed by atoms with van der Waals surface area (Å²) in [5, 5.41) is 8.00. The van der Waals surface area contributed by atoms with Crippen molar-refractivity contribution in [1.29, 1.82) is 0 Å². The normalized spacial score (nSPS) is 10.1. The number of rotatable bonds is 5. The summed E-state index contributed by atoms with van der Waals surface area (Å²) >= 11 is 9.49. The number of hydrogen-bond donors (Lipinski definition) is 2. The topological polar surface area (TPSA) is 46.1 Å². The van der Waals surface area contributed by atoms with Crippen LogP contribution in [0.15, 0.2) is 50.8 Å². The van der Waals surface area contributed by atoms with Gasteiger partial charge in [-0.1, -0.05) is 31.5 Å². The van der Waals surface area contributed by atoms with E-state index in [0.29, 0.717) is 16.4 Å². The Kier molecular flexibility index (Phi) is 7.83. The molecule has 1 aromatic carbocycles. The molecule has 0 unspecified atom stereocenters. The van der Waals surface area contributed by atoms with Crippen LogP contribution in [-0.4, -0.2) is 4.57 Å². The Balaban J connectivity index is 0.00000126. The van der Waals surface area contributed by atoms with Gasteiger partial charge in [-0.25, -0.2) is 0 Å². The zero-order valence-electron chi connectivity index (χ0n) is 16.1. The molecule has 2 aromatic heterocycles. The third-order valence-electron chi connectivity index (χ3n) is 3.74. The highest BCUT2D eigenvalue weighted by Gasteiger charge is 2.13. The van der Waals surface area contributed by atoms with Crippen molar-refractivity contribution in [1.82, 2.24) is 4.57 Å². The van der Waals surface area contributed by atoms with Gasteiger partial charge >= 0.3 is 0 Å². The summed E-state index contributed by atoms with van der Waals surface area (Å²) in [7, 11) is 1.75. The quantitative estimate of drug-likeness (QED) is 0.455. The minimum absolute atomic E-state index is 0.0446. The van der Waals surface area contributed by atoms with Gasteiger partial charge in [0.05, 0.1) is 16.4 Å². The van der Waals surface area contributed by atoms with Crippen molar-refractivity contribution in [2.24, 2.45) is 7.05 Å². The number of halogens is 1. The molecule has 0 radical (unpaired) electrons. The van der Waals surface area contributed by atoms with Crippen molar-refractivity contribution >= 4 is 52.1 Å². The maximum atomic E-state index is 12.4. The summed E-state index contributed by atoms with van der Waals surface area (Å²) in [6.45, 7) is 7.80. The molecule has 144 valence electrons. The molecule has 0 aliphatic rings. The van der Waals surface area contributed by atoms with Crippen molar-refractivity contribution < 1.29 is 0 Å². The van der Waals surface area contributed by atoms with Gasteiger partial charge in [-0.15, -0.1) is 0 Å². The van der Waals surface area contributed by atoms with E-state index >= 15 is 0 Å². The van der Waals surface area contributed by atoms with Gasteiger partial charge in [0.25, 0.3) is 5.56 Å². The highest BCUT2D eigenvalue weighted by Crippen LogP contribution is 2.32. The largest absolute Gasteiger partial charge is 0.339 e. The number of hydrogen-bond acceptors (Lipinski definition) is 5. The Morgan fingerprint density at radius 3 is 2.48 bits per heavy atom. The first-order chi connectivity index (χ1) is 13.0. The molecule has 27 heavy (non-hydrogen) atoms. The van der Waals surface area contributed by atoms with E-state index in [9.17, 15) is 4.79 Å². The van der Waals surface area contributed by atoms with Crippen LogP contribution < -0.4 is 15.6 Å². The number of pyridine rings is 1. The Hall–Kier alpha value is -1.89. The van der Waals surface area contributed by atoms with E-state index in [1.807, 2.05) is 63.4 Å². The van der Waals surface area contributed by atoms with Crippen LogP contribution in [-0.2, 0) is 7.05 Å². The van der Waals surface area contributed by atoms with Crippen molar-refractivity contribution in [3.63, 3.8) is 0 Å². The summed E-state index contributed by atoms with van der Waals surface area (Å²) in [5.74, 6) is 0.670. The fourth-order valence-corrected chi connectivity index (χ4v) is 4.16. The molecule has 0 saturated carbocycles. The molecule has 0 aliphatic heterocycles. The molecule has 0 atom stereocenters. The lowest BCUT2D eigenvalue weighted by Crippen LogP contribution is -2.22. The van der Waals surface area contributed by atoms with Crippen LogP contribution in [0, 0.1) is 13.8 Å². The Morgan fingerprint density at radius 2 is 1.85 bits per heavy atom. The smallest absolute Gasteiger partial charge is 0.254 e. The molecule has 4 nitrogen and oxygen atoms in total. The highest BCUT2D eigenvalue weighted by atomic mass is 35.5. The molecule has 0 aliphatic carbocycles. The van der Waals surface area contributed by atoms with Crippen LogP contribution in [0.4, 0.5) is 17.2 Å². The predicted molar refractivity (Wildman–Crippen MR) is 121 cm³/mol. The van der Waals surface area contributed by atoms with Crippen LogP contribution in [0.3, 0.4) is 0 Å². The molecular weight excluding hydrogens is 398 g/mol. The summed E-state index contributed by atoms with van der Waals surface area (Å²) in [6, 6.07) is 9.68. The minimum Gasteiger partial charge on any atom is -0.339 e. The second-order valence-corrected chi connectivity index (χ2v) is 7.79. The SMILES string of the molecule is CC.Cc1ccc(Nc2c(NSc3ccsc3)cc(C)c(=O)n2C)c(Cl)c1. The van der Waals surface area contributed by atoms with E-state index in [1.54, 1.807) is 23.0 Å². The monoisotopic (exact) mass is 421 g/mol. The zero-order chi connectivity index (χ0) is 20.0. The lowest BCUT2D eigenvalue weighted by Gasteiger charge is -2.18. The number of nitrogens with one attached hydrogen (secondary N) is 2. The molecular formula is C20H24ClN3OS2. The van der Waals surface area contributed by atoms with Crippen molar-refractivity contribution in [3.05, 3.63) is 67.6 Å². The molecule has 0 fully saturated rings. The molecule has 3 rings (SSSR count). The van der Waals surface area contributed by atoms with E-state index in [2.05, 4.69) is 15.4 Å². The molecule has 2 heterocycles. The molecule has 0 saturated heterocycles. The summed E-state index contributed by atoms with van der Waals surface area (Å²) in [5.41, 5.74) is 3.30. The van der Waals surface area contributed by atoms with Gasteiger partial charge < -0.3 is 10.0 Å². The van der Waals surface area contributed by atoms with Crippen molar-refractivity contribution in [2.45, 2.75) is 32.6 Å². The lowest BCUT2D eigenvalue weighted by molar-refractivity contribution is 0.861. The van der Waals surface area contributed by atoms with Gasteiger partial charge in [0, 0.05) is 22.9 Å². The standard InChI is InChI=1S/C18H18ClN3OS2.C2H6/c1-11-4-5-15(14(19)8-11)20-17-16(9-12(2)18(23)22(17)3)21-25-13-6-7-24-10-13;1-2/h4-10,20-21H,1-3H3;1-2H3. The van der Waals surface area contributed by atoms with Gasteiger partial charge in [-0.2, -0.15) is 11.3 Å². The van der Waals surface area contributed by atoms with Gasteiger partial charge in [-0.3, -0.25) is 9.36 Å². The third kappa shape index (κ3) is 5.31. The minimum atomic E-state index is -0.0446. The van der Waals surface area contributed by atoms with Gasteiger partial charge in [-0.05, 0) is 61.0 Å². The maximum Gasteiger partial charge on any atom is 0.254 e. The average molecular weight is 422 g/mol. The van der Waals surface area contributed by atoms with E-state index in [0.717, 1.165) is 21.8 Å². The van der Waals surface area contributed by atoms with Crippen molar-refractivity contribution in [3.8, 4) is 0 Å². The van der Waals surface area contributed by atoms with Crippen LogP contribution in [0.1, 0.15) is 25.0 Å².